The van der Waals surface area contributed by atoms with Gasteiger partial charge in [-0.2, -0.15) is 0 Å². The molecule has 1 aliphatic rings. The summed E-state index contributed by atoms with van der Waals surface area (Å²) in [5.41, 5.74) is 2.59. The van der Waals surface area contributed by atoms with Crippen molar-refractivity contribution in [1.82, 2.24) is 0 Å². The molecule has 5 atom stereocenters. The predicted molar refractivity (Wildman–Crippen MR) is 104 cm³/mol. The lowest BCUT2D eigenvalue weighted by molar-refractivity contribution is -0.358. The SMILES string of the molecule is C#Cc1ccc(Cc2ccc(OC)c([C@@]3(O)O[C@H](CO)[C@@H](O)[C@H](O)[C@H]3O)c2)cc1. The number of hydrogen-bond acceptors (Lipinski definition) is 7. The lowest BCUT2D eigenvalue weighted by Crippen LogP contribution is -2.63. The van der Waals surface area contributed by atoms with E-state index in [-0.39, 0.29) is 11.3 Å². The van der Waals surface area contributed by atoms with Crippen molar-refractivity contribution in [3.05, 3.63) is 64.7 Å². The van der Waals surface area contributed by atoms with Crippen LogP contribution in [-0.2, 0) is 16.9 Å². The molecule has 0 unspecified atom stereocenters. The summed E-state index contributed by atoms with van der Waals surface area (Å²) >= 11 is 0. The van der Waals surface area contributed by atoms with Crippen molar-refractivity contribution in [2.24, 2.45) is 0 Å². The van der Waals surface area contributed by atoms with Gasteiger partial charge in [0.2, 0.25) is 5.79 Å². The van der Waals surface area contributed by atoms with Gasteiger partial charge in [0.1, 0.15) is 30.2 Å². The van der Waals surface area contributed by atoms with Crippen LogP contribution < -0.4 is 4.74 Å². The second-order valence-corrected chi connectivity index (χ2v) is 7.01. The van der Waals surface area contributed by atoms with Gasteiger partial charge in [0.25, 0.3) is 0 Å². The van der Waals surface area contributed by atoms with Crippen molar-refractivity contribution in [2.45, 2.75) is 36.6 Å². The molecule has 0 spiro atoms. The molecule has 29 heavy (non-hydrogen) atoms. The number of terminal acetylenes is 1. The van der Waals surface area contributed by atoms with Crippen LogP contribution in [0.3, 0.4) is 0 Å². The van der Waals surface area contributed by atoms with E-state index in [1.807, 2.05) is 24.3 Å². The van der Waals surface area contributed by atoms with E-state index in [2.05, 4.69) is 5.92 Å². The molecule has 1 saturated heterocycles. The molecule has 1 aliphatic heterocycles. The minimum Gasteiger partial charge on any atom is -0.496 e. The maximum absolute atomic E-state index is 11.1. The average molecular weight is 400 g/mol. The van der Waals surface area contributed by atoms with Gasteiger partial charge in [-0.1, -0.05) is 24.1 Å². The zero-order valence-electron chi connectivity index (χ0n) is 15.9. The van der Waals surface area contributed by atoms with E-state index in [0.29, 0.717) is 6.42 Å². The molecule has 0 aliphatic carbocycles. The fraction of sp³-hybridized carbons (Fsp3) is 0.364. The van der Waals surface area contributed by atoms with Gasteiger partial charge < -0.3 is 35.0 Å². The van der Waals surface area contributed by atoms with Gasteiger partial charge in [-0.3, -0.25) is 0 Å². The van der Waals surface area contributed by atoms with Gasteiger partial charge in [0.05, 0.1) is 19.3 Å². The van der Waals surface area contributed by atoms with Crippen molar-refractivity contribution in [2.75, 3.05) is 13.7 Å². The summed E-state index contributed by atoms with van der Waals surface area (Å²) in [5, 5.41) is 51.1. The van der Waals surface area contributed by atoms with Crippen LogP contribution in [0.5, 0.6) is 5.75 Å². The Kier molecular flexibility index (Phi) is 6.24. The monoisotopic (exact) mass is 400 g/mol. The average Bonchev–Trinajstić information content (AvgIpc) is 2.75. The van der Waals surface area contributed by atoms with Crippen molar-refractivity contribution in [3.8, 4) is 18.1 Å². The van der Waals surface area contributed by atoms with Gasteiger partial charge in [0.15, 0.2) is 0 Å². The first-order chi connectivity index (χ1) is 13.8. The smallest absolute Gasteiger partial charge is 0.226 e. The third-order valence-electron chi connectivity index (χ3n) is 5.14. The summed E-state index contributed by atoms with van der Waals surface area (Å²) < 4.78 is 10.7. The lowest BCUT2D eigenvalue weighted by atomic mass is 9.86. The van der Waals surface area contributed by atoms with E-state index in [4.69, 9.17) is 15.9 Å². The largest absolute Gasteiger partial charge is 0.496 e. The molecular weight excluding hydrogens is 376 g/mol. The molecule has 7 nitrogen and oxygen atoms in total. The summed E-state index contributed by atoms with van der Waals surface area (Å²) in [5.74, 6) is 0.386. The van der Waals surface area contributed by atoms with E-state index >= 15 is 0 Å². The van der Waals surface area contributed by atoms with Crippen LogP contribution in [0.25, 0.3) is 0 Å². The van der Waals surface area contributed by atoms with Gasteiger partial charge >= 0.3 is 0 Å². The first kappa shape index (κ1) is 21.3. The maximum Gasteiger partial charge on any atom is 0.226 e. The second-order valence-electron chi connectivity index (χ2n) is 7.01. The Morgan fingerprint density at radius 3 is 2.31 bits per heavy atom. The van der Waals surface area contributed by atoms with Crippen molar-refractivity contribution < 1.29 is 35.0 Å². The Balaban J connectivity index is 1.98. The fourth-order valence-corrected chi connectivity index (χ4v) is 3.48. The van der Waals surface area contributed by atoms with Crippen LogP contribution in [0.4, 0.5) is 0 Å². The Morgan fingerprint density at radius 1 is 1.07 bits per heavy atom. The summed E-state index contributed by atoms with van der Waals surface area (Å²) in [6.45, 7) is -0.656. The normalized spacial score (nSPS) is 29.3. The summed E-state index contributed by atoms with van der Waals surface area (Å²) in [6.07, 6.45) is -0.558. The third kappa shape index (κ3) is 4.00. The molecular formula is C22H24O7. The lowest BCUT2D eigenvalue weighted by Gasteiger charge is -2.45. The third-order valence-corrected chi connectivity index (χ3v) is 5.14. The number of hydrogen-bond donors (Lipinski definition) is 5. The second kappa shape index (κ2) is 8.51. The highest BCUT2D eigenvalue weighted by molar-refractivity contribution is 5.43. The number of rotatable bonds is 5. The number of aliphatic hydroxyl groups is 5. The molecule has 0 bridgehead atoms. The number of methoxy groups -OCH3 is 1. The molecule has 0 aromatic heterocycles. The molecule has 3 rings (SSSR count). The Bertz CT molecular complexity index is 887. The molecule has 1 fully saturated rings. The topological polar surface area (TPSA) is 120 Å². The van der Waals surface area contributed by atoms with Gasteiger partial charge in [-0.05, 0) is 41.8 Å². The first-order valence-corrected chi connectivity index (χ1v) is 9.12. The number of aliphatic hydroxyl groups excluding tert-OH is 4. The van der Waals surface area contributed by atoms with Gasteiger partial charge in [-0.25, -0.2) is 0 Å². The number of benzene rings is 2. The summed E-state index contributed by atoms with van der Waals surface area (Å²) in [6, 6.07) is 12.4. The Labute approximate surface area is 168 Å². The van der Waals surface area contributed by atoms with E-state index in [1.165, 1.54) is 7.11 Å². The molecule has 154 valence electrons. The first-order valence-electron chi connectivity index (χ1n) is 9.12. The summed E-state index contributed by atoms with van der Waals surface area (Å²) in [4.78, 5) is 0. The van der Waals surface area contributed by atoms with E-state index in [1.54, 1.807) is 18.2 Å². The molecule has 5 N–H and O–H groups in total. The zero-order chi connectivity index (χ0) is 21.2. The highest BCUT2D eigenvalue weighted by Gasteiger charge is 2.54. The maximum atomic E-state index is 11.1. The van der Waals surface area contributed by atoms with Crippen LogP contribution in [0.15, 0.2) is 42.5 Å². The van der Waals surface area contributed by atoms with Gasteiger partial charge in [0, 0.05) is 5.56 Å². The van der Waals surface area contributed by atoms with Crippen LogP contribution in [0.2, 0.25) is 0 Å². The van der Waals surface area contributed by atoms with Crippen LogP contribution >= 0.6 is 0 Å². The van der Waals surface area contributed by atoms with E-state index < -0.39 is 36.8 Å². The molecule has 2 aromatic rings. The quantitative estimate of drug-likeness (QED) is 0.444. The Hall–Kier alpha value is -2.44. The van der Waals surface area contributed by atoms with Crippen LogP contribution in [-0.4, -0.2) is 63.7 Å². The summed E-state index contributed by atoms with van der Waals surface area (Å²) in [7, 11) is 1.39. The van der Waals surface area contributed by atoms with Crippen LogP contribution in [0, 0.1) is 12.3 Å². The van der Waals surface area contributed by atoms with E-state index in [0.717, 1.165) is 16.7 Å². The predicted octanol–water partition coefficient (Wildman–Crippen LogP) is -0.114. The van der Waals surface area contributed by atoms with E-state index in [9.17, 15) is 25.5 Å². The Morgan fingerprint density at radius 2 is 1.72 bits per heavy atom. The minimum atomic E-state index is -2.39. The minimum absolute atomic E-state index is 0.0784. The van der Waals surface area contributed by atoms with Gasteiger partial charge in [-0.15, -0.1) is 6.42 Å². The fourth-order valence-electron chi connectivity index (χ4n) is 3.48. The molecule has 0 saturated carbocycles. The molecule has 1 heterocycles. The zero-order valence-corrected chi connectivity index (χ0v) is 15.9. The number of ether oxygens (including phenoxy) is 2. The standard InChI is InChI=1S/C22H24O7/c1-3-13-4-6-14(7-5-13)10-15-8-9-17(28-2)16(11-15)22(27)21(26)20(25)19(24)18(12-23)29-22/h1,4-9,11,18-21,23-27H,10,12H2,2H3/t18-,19-,20+,21-,22-/m1/s1. The highest BCUT2D eigenvalue weighted by atomic mass is 16.7. The molecule has 7 heteroatoms. The van der Waals surface area contributed by atoms with Crippen molar-refractivity contribution in [3.63, 3.8) is 0 Å². The van der Waals surface area contributed by atoms with Crippen LogP contribution in [0.1, 0.15) is 22.3 Å². The highest BCUT2D eigenvalue weighted by Crippen LogP contribution is 2.41. The van der Waals surface area contributed by atoms with Crippen molar-refractivity contribution >= 4 is 0 Å². The molecule has 0 amide bonds. The van der Waals surface area contributed by atoms with Crippen molar-refractivity contribution in [1.29, 1.82) is 0 Å². The molecule has 2 aromatic carbocycles. The molecule has 0 radical (unpaired) electrons.